The van der Waals surface area contributed by atoms with Crippen molar-refractivity contribution in [3.63, 3.8) is 0 Å². The standard InChI is InChI=1S/C31H46N2O4.BrH/c1-5-9-11-15-24-36-29-17-13-12-16-28(29)30(34)32-27-20-18-26(19-21-27)31(35)37-25-23-33(7-3,8-4)22-14-10-6-2;/h12-13,16-21H,5-11,14-15,22-25H2,1-4H3;1H. The third-order valence-corrected chi connectivity index (χ3v) is 7.14. The summed E-state index contributed by atoms with van der Waals surface area (Å²) in [6.45, 7) is 13.8. The molecule has 0 aromatic heterocycles. The van der Waals surface area contributed by atoms with Gasteiger partial charge in [0.15, 0.2) is 0 Å². The maximum absolute atomic E-state index is 12.9. The number of esters is 1. The highest BCUT2D eigenvalue weighted by Crippen LogP contribution is 2.21. The molecule has 0 fully saturated rings. The molecule has 6 nitrogen and oxygen atoms in total. The maximum Gasteiger partial charge on any atom is 0.338 e. The first-order chi connectivity index (χ1) is 18.0. The highest BCUT2D eigenvalue weighted by molar-refractivity contribution is 6.06. The fourth-order valence-electron chi connectivity index (χ4n) is 4.46. The van der Waals surface area contributed by atoms with Gasteiger partial charge in [0.1, 0.15) is 18.9 Å². The molecule has 1 amide bonds. The zero-order valence-corrected chi connectivity index (χ0v) is 25.4. The normalized spacial score (nSPS) is 10.9. The molecule has 38 heavy (non-hydrogen) atoms. The number of quaternary nitrogens is 1. The summed E-state index contributed by atoms with van der Waals surface area (Å²) < 4.78 is 12.5. The summed E-state index contributed by atoms with van der Waals surface area (Å²) >= 11 is 0. The molecule has 0 radical (unpaired) electrons. The van der Waals surface area contributed by atoms with Crippen molar-refractivity contribution in [3.05, 3.63) is 59.7 Å². The highest BCUT2D eigenvalue weighted by atomic mass is 79.9. The lowest BCUT2D eigenvalue weighted by atomic mass is 10.1. The molecular formula is C31H47BrN2O4. The number of nitrogens with zero attached hydrogens (tertiary/aromatic N) is 1. The Hall–Kier alpha value is -2.38. The summed E-state index contributed by atoms with van der Waals surface area (Å²) in [6.07, 6.45) is 8.10. The van der Waals surface area contributed by atoms with Crippen molar-refractivity contribution < 1.29 is 40.5 Å². The predicted molar refractivity (Wildman–Crippen MR) is 151 cm³/mol. The van der Waals surface area contributed by atoms with E-state index >= 15 is 0 Å². The average molecular weight is 592 g/mol. The molecule has 0 bridgehead atoms. The van der Waals surface area contributed by atoms with Crippen molar-refractivity contribution in [2.45, 2.75) is 72.6 Å². The molecule has 2 rings (SSSR count). The molecule has 0 aliphatic carbocycles. The van der Waals surface area contributed by atoms with Crippen LogP contribution in [0.5, 0.6) is 5.75 Å². The summed E-state index contributed by atoms with van der Waals surface area (Å²) in [5, 5.41) is 2.90. The summed E-state index contributed by atoms with van der Waals surface area (Å²) in [4.78, 5) is 25.5. The topological polar surface area (TPSA) is 64.6 Å². The van der Waals surface area contributed by atoms with Gasteiger partial charge < -0.3 is 36.3 Å². The zero-order valence-electron chi connectivity index (χ0n) is 23.8. The van der Waals surface area contributed by atoms with Gasteiger partial charge in [-0.3, -0.25) is 4.79 Å². The van der Waals surface area contributed by atoms with Gasteiger partial charge in [0.2, 0.25) is 0 Å². The summed E-state index contributed by atoms with van der Waals surface area (Å²) in [7, 11) is 0. The van der Waals surface area contributed by atoms with Gasteiger partial charge in [-0.1, -0.05) is 51.7 Å². The Morgan fingerprint density at radius 2 is 1.42 bits per heavy atom. The molecule has 0 aliphatic rings. The number of hydrogen-bond acceptors (Lipinski definition) is 4. The van der Waals surface area contributed by atoms with Crippen LogP contribution in [0.15, 0.2) is 48.5 Å². The molecular weight excluding hydrogens is 544 g/mol. The van der Waals surface area contributed by atoms with Crippen LogP contribution in [0.4, 0.5) is 5.69 Å². The molecule has 2 aromatic rings. The molecule has 212 valence electrons. The van der Waals surface area contributed by atoms with E-state index in [1.54, 1.807) is 30.3 Å². The van der Waals surface area contributed by atoms with E-state index in [1.165, 1.54) is 32.1 Å². The SMILES string of the molecule is CCCCCCOc1ccccc1C(=O)Nc1ccc(C(=O)OCC[N+](CC)(CC)CCCCC)cc1.[Br-]. The smallest absolute Gasteiger partial charge is 0.338 e. The lowest BCUT2D eigenvalue weighted by Gasteiger charge is -2.36. The minimum atomic E-state index is -0.335. The Morgan fingerprint density at radius 1 is 0.763 bits per heavy atom. The van der Waals surface area contributed by atoms with E-state index in [9.17, 15) is 9.59 Å². The molecule has 0 atom stereocenters. The first-order valence-corrected chi connectivity index (χ1v) is 14.1. The van der Waals surface area contributed by atoms with Crippen molar-refractivity contribution in [1.29, 1.82) is 0 Å². The molecule has 0 saturated carbocycles. The van der Waals surface area contributed by atoms with E-state index in [2.05, 4.69) is 33.0 Å². The van der Waals surface area contributed by atoms with Crippen LogP contribution in [0, 0.1) is 0 Å². The fourth-order valence-corrected chi connectivity index (χ4v) is 4.46. The molecule has 2 aromatic carbocycles. The van der Waals surface area contributed by atoms with Crippen LogP contribution in [0.1, 0.15) is 93.4 Å². The Balaban J connectivity index is 0.00000722. The van der Waals surface area contributed by atoms with Crippen LogP contribution < -0.4 is 27.0 Å². The predicted octanol–water partition coefficient (Wildman–Crippen LogP) is 4.11. The Kier molecular flexibility index (Phi) is 16.6. The number of benzene rings is 2. The third-order valence-electron chi connectivity index (χ3n) is 7.14. The quantitative estimate of drug-likeness (QED) is 0.161. The second-order valence-corrected chi connectivity index (χ2v) is 9.70. The number of amides is 1. The lowest BCUT2D eigenvalue weighted by molar-refractivity contribution is -0.925. The van der Waals surface area contributed by atoms with Gasteiger partial charge in [-0.25, -0.2) is 4.79 Å². The third kappa shape index (κ3) is 11.2. The van der Waals surface area contributed by atoms with Crippen molar-refractivity contribution in [2.24, 2.45) is 0 Å². The summed E-state index contributed by atoms with van der Waals surface area (Å²) in [6, 6.07) is 14.1. The van der Waals surface area contributed by atoms with Crippen molar-refractivity contribution in [1.82, 2.24) is 0 Å². The number of carbonyl (C=O) groups is 2. The fraction of sp³-hybridized carbons (Fsp3) is 0.548. The molecule has 0 saturated heterocycles. The number of carbonyl (C=O) groups excluding carboxylic acids is 2. The highest BCUT2D eigenvalue weighted by Gasteiger charge is 2.23. The number of likely N-dealkylation sites (N-methyl/N-ethyl adjacent to an activating group) is 1. The van der Waals surface area contributed by atoms with Gasteiger partial charge in [-0.05, 0) is 69.5 Å². The summed E-state index contributed by atoms with van der Waals surface area (Å²) in [5.74, 6) is 0.00869. The molecule has 1 N–H and O–H groups in total. The van der Waals surface area contributed by atoms with Crippen molar-refractivity contribution in [2.75, 3.05) is 44.7 Å². The lowest BCUT2D eigenvalue weighted by Crippen LogP contribution is -3.00. The molecule has 0 unspecified atom stereocenters. The second-order valence-electron chi connectivity index (χ2n) is 9.70. The van der Waals surface area contributed by atoms with Crippen LogP contribution >= 0.6 is 0 Å². The number of nitrogens with one attached hydrogen (secondary N) is 1. The van der Waals surface area contributed by atoms with Gasteiger partial charge in [0.05, 0.1) is 37.4 Å². The zero-order chi connectivity index (χ0) is 26.9. The van der Waals surface area contributed by atoms with E-state index in [-0.39, 0.29) is 28.9 Å². The van der Waals surface area contributed by atoms with Crippen LogP contribution in [0.25, 0.3) is 0 Å². The van der Waals surface area contributed by atoms with Crippen LogP contribution in [-0.4, -0.2) is 55.8 Å². The second kappa shape index (κ2) is 18.8. The molecule has 0 spiro atoms. The Morgan fingerprint density at radius 3 is 2.08 bits per heavy atom. The number of ether oxygens (including phenoxy) is 2. The van der Waals surface area contributed by atoms with Crippen LogP contribution in [0.2, 0.25) is 0 Å². The number of rotatable bonds is 18. The van der Waals surface area contributed by atoms with E-state index in [0.29, 0.717) is 35.8 Å². The number of unbranched alkanes of at least 4 members (excludes halogenated alkanes) is 5. The van der Waals surface area contributed by atoms with Gasteiger partial charge in [-0.15, -0.1) is 0 Å². The van der Waals surface area contributed by atoms with Crippen LogP contribution in [0.3, 0.4) is 0 Å². The number of hydrogen-bond donors (Lipinski definition) is 1. The molecule has 7 heteroatoms. The summed E-state index contributed by atoms with van der Waals surface area (Å²) in [5.41, 5.74) is 1.59. The van der Waals surface area contributed by atoms with Crippen LogP contribution in [-0.2, 0) is 4.74 Å². The molecule has 0 aliphatic heterocycles. The Labute approximate surface area is 240 Å². The van der Waals surface area contributed by atoms with E-state index in [0.717, 1.165) is 43.5 Å². The number of anilines is 1. The Bertz CT molecular complexity index is 945. The van der Waals surface area contributed by atoms with Crippen molar-refractivity contribution >= 4 is 17.6 Å². The van der Waals surface area contributed by atoms with Gasteiger partial charge in [-0.2, -0.15) is 0 Å². The van der Waals surface area contributed by atoms with E-state index in [1.807, 2.05) is 18.2 Å². The van der Waals surface area contributed by atoms with Gasteiger partial charge >= 0.3 is 5.97 Å². The largest absolute Gasteiger partial charge is 1.00 e. The number of para-hydroxylation sites is 1. The minimum Gasteiger partial charge on any atom is -1.00 e. The van der Waals surface area contributed by atoms with E-state index < -0.39 is 0 Å². The maximum atomic E-state index is 12.9. The van der Waals surface area contributed by atoms with Crippen molar-refractivity contribution in [3.8, 4) is 5.75 Å². The number of halogens is 1. The monoisotopic (exact) mass is 590 g/mol. The van der Waals surface area contributed by atoms with Gasteiger partial charge in [0.25, 0.3) is 5.91 Å². The first kappa shape index (κ1) is 33.6. The van der Waals surface area contributed by atoms with Gasteiger partial charge in [0, 0.05) is 5.69 Å². The average Bonchev–Trinajstić information content (AvgIpc) is 2.92. The molecule has 0 heterocycles. The van der Waals surface area contributed by atoms with E-state index in [4.69, 9.17) is 9.47 Å². The first-order valence-electron chi connectivity index (χ1n) is 14.1. The minimum absolute atomic E-state index is 0.